The molecule has 0 amide bonds. The van der Waals surface area contributed by atoms with Crippen LogP contribution in [-0.2, 0) is 11.7 Å². The molecule has 0 saturated heterocycles. The van der Waals surface area contributed by atoms with Crippen LogP contribution in [0.5, 0.6) is 0 Å². The minimum atomic E-state index is -1.13. The van der Waals surface area contributed by atoms with Crippen molar-refractivity contribution in [3.05, 3.63) is 23.9 Å². The first-order valence-electron chi connectivity index (χ1n) is 7.05. The molecule has 0 radical (unpaired) electrons. The van der Waals surface area contributed by atoms with Gasteiger partial charge in [-0.2, -0.15) is 5.10 Å². The molecule has 1 heterocycles. The van der Waals surface area contributed by atoms with E-state index in [1.165, 1.54) is 0 Å². The van der Waals surface area contributed by atoms with Crippen molar-refractivity contribution in [1.29, 1.82) is 0 Å². The largest absolute Gasteiger partial charge is 0.492 e. The molecule has 0 fully saturated rings. The summed E-state index contributed by atoms with van der Waals surface area (Å²) in [5.74, 6) is 0. The second-order valence-corrected chi connectivity index (χ2v) is 6.49. The normalized spacial score (nSPS) is 13.0. The molecule has 2 N–H and O–H groups in total. The van der Waals surface area contributed by atoms with Crippen molar-refractivity contribution in [2.45, 2.75) is 45.8 Å². The van der Waals surface area contributed by atoms with Crippen LogP contribution in [0, 0.1) is 6.92 Å². The lowest BCUT2D eigenvalue weighted by atomic mass is 9.74. The van der Waals surface area contributed by atoms with E-state index in [4.69, 9.17) is 4.65 Å². The third kappa shape index (κ3) is 2.84. The third-order valence-corrected chi connectivity index (χ3v) is 4.33. The number of benzene rings is 1. The Bertz CT molecular complexity index is 659. The molecule has 5 nitrogen and oxygen atoms in total. The van der Waals surface area contributed by atoms with Crippen LogP contribution in [0.25, 0.3) is 10.9 Å². The molecule has 0 unspecified atom stereocenters. The highest BCUT2D eigenvalue weighted by molar-refractivity contribution is 6.63. The molecular formula is C15H23BN2O3. The van der Waals surface area contributed by atoms with Crippen LogP contribution in [0.1, 0.15) is 33.4 Å². The number of nitrogens with zero attached hydrogens (tertiary/aromatic N) is 2. The molecule has 0 spiro atoms. The van der Waals surface area contributed by atoms with E-state index in [0.29, 0.717) is 5.46 Å². The van der Waals surface area contributed by atoms with Crippen molar-refractivity contribution in [2.75, 3.05) is 0 Å². The lowest BCUT2D eigenvalue weighted by Gasteiger charge is -2.38. The lowest BCUT2D eigenvalue weighted by molar-refractivity contribution is -0.0982. The molecule has 0 atom stereocenters. The monoisotopic (exact) mass is 290 g/mol. The van der Waals surface area contributed by atoms with E-state index in [0.717, 1.165) is 16.6 Å². The summed E-state index contributed by atoms with van der Waals surface area (Å²) in [4.78, 5) is 0. The smallest absolute Gasteiger partial charge is 0.423 e. The van der Waals surface area contributed by atoms with Crippen LogP contribution in [0.2, 0.25) is 0 Å². The SMILES string of the molecule is Cc1c2c(B(O)OC(C)(C)C(C)(C)O)cccc2nn1C. The van der Waals surface area contributed by atoms with E-state index < -0.39 is 18.3 Å². The molecule has 0 saturated carbocycles. The van der Waals surface area contributed by atoms with Crippen molar-refractivity contribution in [3.63, 3.8) is 0 Å². The standard InChI is InChI=1S/C15H23BN2O3/c1-10-13-11(8-7-9-12(13)17-18(10)6)16(20)21-15(4,5)14(2,3)19/h7-9,19-20H,1-6H3. The molecule has 2 rings (SSSR count). The second-order valence-electron chi connectivity index (χ2n) is 6.49. The van der Waals surface area contributed by atoms with E-state index in [-0.39, 0.29) is 0 Å². The van der Waals surface area contributed by atoms with Gasteiger partial charge in [-0.05, 0) is 46.1 Å². The van der Waals surface area contributed by atoms with Crippen LogP contribution < -0.4 is 5.46 Å². The fraction of sp³-hybridized carbons (Fsp3) is 0.533. The molecule has 0 aliphatic rings. The zero-order valence-electron chi connectivity index (χ0n) is 13.5. The zero-order chi connectivity index (χ0) is 16.0. The Labute approximate surface area is 125 Å². The summed E-state index contributed by atoms with van der Waals surface area (Å²) in [6.07, 6.45) is 0. The fourth-order valence-electron chi connectivity index (χ4n) is 2.13. The quantitative estimate of drug-likeness (QED) is 0.829. The Balaban J connectivity index is 2.43. The van der Waals surface area contributed by atoms with Gasteiger partial charge < -0.3 is 14.8 Å². The van der Waals surface area contributed by atoms with Gasteiger partial charge in [0.25, 0.3) is 0 Å². The van der Waals surface area contributed by atoms with Crippen molar-refractivity contribution in [2.24, 2.45) is 7.05 Å². The average Bonchev–Trinajstić information content (AvgIpc) is 2.63. The van der Waals surface area contributed by atoms with Gasteiger partial charge in [-0.15, -0.1) is 0 Å². The predicted octanol–water partition coefficient (Wildman–Crippen LogP) is 1.14. The molecule has 1 aromatic carbocycles. The summed E-state index contributed by atoms with van der Waals surface area (Å²) < 4.78 is 7.51. The van der Waals surface area contributed by atoms with E-state index >= 15 is 0 Å². The Kier molecular flexibility index (Phi) is 3.91. The maximum Gasteiger partial charge on any atom is 0.492 e. The molecule has 21 heavy (non-hydrogen) atoms. The Morgan fingerprint density at radius 3 is 2.43 bits per heavy atom. The Hall–Kier alpha value is -1.37. The summed E-state index contributed by atoms with van der Waals surface area (Å²) in [6, 6.07) is 5.57. The molecule has 0 aliphatic carbocycles. The molecular weight excluding hydrogens is 267 g/mol. The van der Waals surface area contributed by atoms with Gasteiger partial charge in [0.05, 0.1) is 16.7 Å². The summed E-state index contributed by atoms with van der Waals surface area (Å²) in [7, 11) is 0.741. The summed E-state index contributed by atoms with van der Waals surface area (Å²) >= 11 is 0. The van der Waals surface area contributed by atoms with E-state index in [1.54, 1.807) is 32.4 Å². The van der Waals surface area contributed by atoms with Crippen LogP contribution >= 0.6 is 0 Å². The highest BCUT2D eigenvalue weighted by Gasteiger charge is 2.40. The molecule has 6 heteroatoms. The van der Waals surface area contributed by atoms with Gasteiger partial charge >= 0.3 is 7.12 Å². The maximum atomic E-state index is 10.5. The second kappa shape index (κ2) is 5.12. The highest BCUT2D eigenvalue weighted by Crippen LogP contribution is 2.26. The average molecular weight is 290 g/mol. The topological polar surface area (TPSA) is 67.5 Å². The summed E-state index contributed by atoms with van der Waals surface area (Å²) in [5, 5.41) is 25.9. The molecule has 114 valence electrons. The van der Waals surface area contributed by atoms with Crippen molar-refractivity contribution >= 4 is 23.5 Å². The highest BCUT2D eigenvalue weighted by atomic mass is 16.5. The first-order valence-corrected chi connectivity index (χ1v) is 7.05. The number of aryl methyl sites for hydroxylation is 2. The van der Waals surface area contributed by atoms with Crippen LogP contribution in [-0.4, -0.2) is 38.2 Å². The van der Waals surface area contributed by atoms with E-state index in [2.05, 4.69) is 5.10 Å². The van der Waals surface area contributed by atoms with Gasteiger partial charge in [-0.1, -0.05) is 12.1 Å². The minimum Gasteiger partial charge on any atom is -0.423 e. The van der Waals surface area contributed by atoms with Gasteiger partial charge in [-0.25, -0.2) is 0 Å². The number of hydrogen-bond acceptors (Lipinski definition) is 4. The van der Waals surface area contributed by atoms with Crippen LogP contribution in [0.15, 0.2) is 18.2 Å². The number of hydrogen-bond donors (Lipinski definition) is 2. The van der Waals surface area contributed by atoms with E-state index in [1.807, 2.05) is 32.2 Å². The fourth-order valence-corrected chi connectivity index (χ4v) is 2.13. The summed E-state index contributed by atoms with van der Waals surface area (Å²) in [6.45, 7) is 8.79. The van der Waals surface area contributed by atoms with Gasteiger partial charge in [0.15, 0.2) is 0 Å². The Morgan fingerprint density at radius 2 is 1.86 bits per heavy atom. The van der Waals surface area contributed by atoms with Gasteiger partial charge in [-0.3, -0.25) is 4.68 Å². The predicted molar refractivity (Wildman–Crippen MR) is 84.5 cm³/mol. The zero-order valence-corrected chi connectivity index (χ0v) is 13.5. The van der Waals surface area contributed by atoms with Gasteiger partial charge in [0, 0.05) is 18.1 Å². The Morgan fingerprint density at radius 1 is 1.24 bits per heavy atom. The molecule has 0 aliphatic heterocycles. The minimum absolute atomic E-state index is 0.662. The van der Waals surface area contributed by atoms with Crippen LogP contribution in [0.4, 0.5) is 0 Å². The first kappa shape index (κ1) is 16.0. The van der Waals surface area contributed by atoms with Crippen molar-refractivity contribution in [3.8, 4) is 0 Å². The van der Waals surface area contributed by atoms with Gasteiger partial charge in [0.1, 0.15) is 0 Å². The third-order valence-electron chi connectivity index (χ3n) is 4.33. The number of aromatic nitrogens is 2. The van der Waals surface area contributed by atoms with Gasteiger partial charge in [0.2, 0.25) is 0 Å². The van der Waals surface area contributed by atoms with Crippen LogP contribution in [0.3, 0.4) is 0 Å². The molecule has 1 aromatic heterocycles. The molecule has 0 bridgehead atoms. The number of fused-ring (bicyclic) bond motifs is 1. The molecule has 2 aromatic rings. The maximum absolute atomic E-state index is 10.5. The van der Waals surface area contributed by atoms with Crippen molar-refractivity contribution in [1.82, 2.24) is 9.78 Å². The lowest BCUT2D eigenvalue weighted by Crippen LogP contribution is -2.53. The summed E-state index contributed by atoms with van der Waals surface area (Å²) in [5.41, 5.74) is 0.465. The first-order chi connectivity index (χ1) is 9.54. The number of rotatable bonds is 4. The number of aliphatic hydroxyl groups is 1. The van der Waals surface area contributed by atoms with E-state index in [9.17, 15) is 10.1 Å². The van der Waals surface area contributed by atoms with Crippen molar-refractivity contribution < 1.29 is 14.8 Å².